The lowest BCUT2D eigenvalue weighted by Crippen LogP contribution is -2.05. The third-order valence-corrected chi connectivity index (χ3v) is 4.53. The highest BCUT2D eigenvalue weighted by Crippen LogP contribution is 2.20. The lowest BCUT2D eigenvalue weighted by molar-refractivity contribution is 0.634. The topological polar surface area (TPSA) is 43.6 Å². The van der Waals surface area contributed by atoms with Gasteiger partial charge >= 0.3 is 0 Å². The number of benzene rings is 2. The molecule has 0 saturated carbocycles. The normalized spacial score (nSPS) is 11.2. The number of rotatable bonds is 4. The van der Waals surface area contributed by atoms with Gasteiger partial charge in [-0.3, -0.25) is 0 Å². The van der Waals surface area contributed by atoms with Crippen molar-refractivity contribution in [2.75, 3.05) is 0 Å². The number of fused-ring (bicyclic) bond motifs is 1. The summed E-state index contributed by atoms with van der Waals surface area (Å²) in [7, 11) is 1.99. The molecule has 0 fully saturated rings. The van der Waals surface area contributed by atoms with E-state index in [1.54, 1.807) is 6.07 Å². The van der Waals surface area contributed by atoms with Crippen molar-refractivity contribution < 1.29 is 4.39 Å². The first-order valence-corrected chi connectivity index (χ1v) is 8.61. The van der Waals surface area contributed by atoms with Crippen LogP contribution in [-0.4, -0.2) is 19.5 Å². The molecule has 0 bridgehead atoms. The summed E-state index contributed by atoms with van der Waals surface area (Å²) in [5.41, 5.74) is 3.23. The van der Waals surface area contributed by atoms with Gasteiger partial charge in [0.2, 0.25) is 0 Å². The molecule has 26 heavy (non-hydrogen) atoms. The molecule has 0 aliphatic heterocycles. The lowest BCUT2D eigenvalue weighted by atomic mass is 10.1. The number of hydrogen-bond acceptors (Lipinski definition) is 3. The van der Waals surface area contributed by atoms with Crippen LogP contribution >= 0.6 is 0 Å². The molecule has 0 radical (unpaired) electrons. The van der Waals surface area contributed by atoms with Crippen LogP contribution < -0.4 is 0 Å². The zero-order valence-electron chi connectivity index (χ0n) is 14.8. The number of nitrogens with zero attached hydrogens (tertiary/aromatic N) is 4. The molecule has 2 aromatic carbocycles. The van der Waals surface area contributed by atoms with E-state index in [4.69, 9.17) is 4.98 Å². The van der Waals surface area contributed by atoms with Crippen molar-refractivity contribution in [1.82, 2.24) is 19.5 Å². The summed E-state index contributed by atoms with van der Waals surface area (Å²) in [5, 5.41) is 0.761. The minimum atomic E-state index is -0.308. The molecule has 0 amide bonds. The van der Waals surface area contributed by atoms with Gasteiger partial charge in [-0.1, -0.05) is 42.5 Å². The van der Waals surface area contributed by atoms with Crippen molar-refractivity contribution in [1.29, 1.82) is 0 Å². The van der Waals surface area contributed by atoms with Gasteiger partial charge in [0.25, 0.3) is 0 Å². The maximum absolute atomic E-state index is 14.1. The second-order valence-corrected chi connectivity index (χ2v) is 6.38. The number of para-hydroxylation sites is 1. The molecule has 2 aromatic heterocycles. The van der Waals surface area contributed by atoms with Crippen LogP contribution in [0.4, 0.5) is 4.39 Å². The Morgan fingerprint density at radius 3 is 2.54 bits per heavy atom. The fraction of sp³-hybridized carbons (Fsp3) is 0.190. The van der Waals surface area contributed by atoms with Crippen LogP contribution in [0, 0.1) is 12.7 Å². The van der Waals surface area contributed by atoms with Crippen LogP contribution in [-0.2, 0) is 19.9 Å². The summed E-state index contributed by atoms with van der Waals surface area (Å²) < 4.78 is 16.1. The summed E-state index contributed by atoms with van der Waals surface area (Å²) >= 11 is 0. The van der Waals surface area contributed by atoms with E-state index in [0.717, 1.165) is 28.2 Å². The van der Waals surface area contributed by atoms with Gasteiger partial charge in [-0.05, 0) is 13.0 Å². The summed E-state index contributed by atoms with van der Waals surface area (Å²) in [5.74, 6) is 1.29. The Morgan fingerprint density at radius 1 is 0.923 bits per heavy atom. The van der Waals surface area contributed by atoms with Crippen molar-refractivity contribution in [2.45, 2.75) is 19.8 Å². The van der Waals surface area contributed by atoms with E-state index in [9.17, 15) is 4.39 Å². The van der Waals surface area contributed by atoms with Gasteiger partial charge in [-0.2, -0.15) is 0 Å². The first kappa shape index (κ1) is 16.4. The van der Waals surface area contributed by atoms with E-state index in [-0.39, 0.29) is 5.82 Å². The van der Waals surface area contributed by atoms with Crippen molar-refractivity contribution >= 4 is 10.9 Å². The highest BCUT2D eigenvalue weighted by molar-refractivity contribution is 5.81. The molecule has 0 saturated heterocycles. The van der Waals surface area contributed by atoms with Crippen molar-refractivity contribution in [2.24, 2.45) is 7.05 Å². The summed E-state index contributed by atoms with van der Waals surface area (Å²) in [4.78, 5) is 13.7. The molecule has 0 aliphatic carbocycles. The van der Waals surface area contributed by atoms with E-state index < -0.39 is 0 Å². The molecule has 130 valence electrons. The fourth-order valence-electron chi connectivity index (χ4n) is 3.15. The van der Waals surface area contributed by atoms with Gasteiger partial charge in [0.05, 0.1) is 5.69 Å². The number of halogens is 1. The molecule has 0 spiro atoms. The molecule has 4 nitrogen and oxygen atoms in total. The van der Waals surface area contributed by atoms with Crippen LogP contribution in [0.25, 0.3) is 22.2 Å². The average molecular weight is 346 g/mol. The maximum Gasteiger partial charge on any atom is 0.149 e. The smallest absolute Gasteiger partial charge is 0.149 e. The minimum absolute atomic E-state index is 0.308. The predicted molar refractivity (Wildman–Crippen MR) is 100 cm³/mol. The lowest BCUT2D eigenvalue weighted by Gasteiger charge is -2.06. The van der Waals surface area contributed by atoms with E-state index in [0.29, 0.717) is 24.2 Å². The molecule has 2 heterocycles. The number of imidazole rings is 1. The summed E-state index contributed by atoms with van der Waals surface area (Å²) in [6.07, 6.45) is 3.34. The molecule has 0 N–H and O–H groups in total. The highest BCUT2D eigenvalue weighted by atomic mass is 19.1. The van der Waals surface area contributed by atoms with Crippen molar-refractivity contribution in [3.8, 4) is 11.3 Å². The summed E-state index contributed by atoms with van der Waals surface area (Å²) in [6.45, 7) is 1.89. The van der Waals surface area contributed by atoms with Crippen LogP contribution in [0.1, 0.15) is 17.3 Å². The van der Waals surface area contributed by atoms with Gasteiger partial charge in [-0.25, -0.2) is 19.3 Å². The quantitative estimate of drug-likeness (QED) is 0.554. The van der Waals surface area contributed by atoms with E-state index in [2.05, 4.69) is 9.97 Å². The van der Waals surface area contributed by atoms with Gasteiger partial charge in [0.1, 0.15) is 23.0 Å². The molecule has 4 rings (SSSR count). The standard InChI is InChI=1S/C21H19FN4/c1-14-16-9-6-10-17(22)21(16)25-19(23-14)11-12-20-24-18(13-26(20)2)15-7-4-3-5-8-15/h3-10,13H,11-12H2,1-2H3. The number of aryl methyl sites for hydroxylation is 4. The first-order chi connectivity index (χ1) is 12.6. The van der Waals surface area contributed by atoms with Gasteiger partial charge in [-0.15, -0.1) is 0 Å². The number of aromatic nitrogens is 4. The minimum Gasteiger partial charge on any atom is -0.337 e. The Balaban J connectivity index is 1.59. The van der Waals surface area contributed by atoms with E-state index in [1.165, 1.54) is 6.07 Å². The van der Waals surface area contributed by atoms with E-state index in [1.807, 2.05) is 61.1 Å². The third-order valence-electron chi connectivity index (χ3n) is 4.53. The Kier molecular flexibility index (Phi) is 4.21. The highest BCUT2D eigenvalue weighted by Gasteiger charge is 2.11. The zero-order valence-corrected chi connectivity index (χ0v) is 14.8. The van der Waals surface area contributed by atoms with Crippen molar-refractivity contribution in [3.05, 3.63) is 77.9 Å². The van der Waals surface area contributed by atoms with Gasteiger partial charge in [0.15, 0.2) is 0 Å². The fourth-order valence-corrected chi connectivity index (χ4v) is 3.15. The SMILES string of the molecule is Cc1nc(CCc2nc(-c3ccccc3)cn2C)nc2c(F)cccc12. The molecule has 0 aliphatic rings. The Labute approximate surface area is 151 Å². The largest absolute Gasteiger partial charge is 0.337 e. The van der Waals surface area contributed by atoms with Gasteiger partial charge in [0, 0.05) is 42.7 Å². The molecule has 4 aromatic rings. The number of hydrogen-bond donors (Lipinski definition) is 0. The molecule has 0 unspecified atom stereocenters. The maximum atomic E-state index is 14.1. The van der Waals surface area contributed by atoms with Crippen LogP contribution in [0.5, 0.6) is 0 Å². The predicted octanol–water partition coefficient (Wildman–Crippen LogP) is 4.26. The summed E-state index contributed by atoms with van der Waals surface area (Å²) in [6, 6.07) is 15.1. The Morgan fingerprint density at radius 2 is 1.73 bits per heavy atom. The Bertz CT molecular complexity index is 1070. The van der Waals surface area contributed by atoms with E-state index >= 15 is 0 Å². The second kappa shape index (κ2) is 6.67. The zero-order chi connectivity index (χ0) is 18.1. The molecular weight excluding hydrogens is 327 g/mol. The Hall–Kier alpha value is -3.08. The van der Waals surface area contributed by atoms with Crippen LogP contribution in [0.3, 0.4) is 0 Å². The first-order valence-electron chi connectivity index (χ1n) is 8.61. The molecule has 5 heteroatoms. The monoisotopic (exact) mass is 346 g/mol. The van der Waals surface area contributed by atoms with Crippen LogP contribution in [0.15, 0.2) is 54.7 Å². The molecular formula is C21H19FN4. The van der Waals surface area contributed by atoms with Gasteiger partial charge < -0.3 is 4.57 Å². The third kappa shape index (κ3) is 3.08. The second-order valence-electron chi connectivity index (χ2n) is 6.38. The van der Waals surface area contributed by atoms with Crippen molar-refractivity contribution in [3.63, 3.8) is 0 Å². The molecule has 0 atom stereocenters. The van der Waals surface area contributed by atoms with Crippen LogP contribution in [0.2, 0.25) is 0 Å². The average Bonchev–Trinajstić information content (AvgIpc) is 3.02.